The molecule has 1 aliphatic heterocycles. The minimum absolute atomic E-state index is 0.0892. The van der Waals surface area contributed by atoms with Crippen LogP contribution in [0.4, 0.5) is 0 Å². The molecule has 1 aliphatic rings. The van der Waals surface area contributed by atoms with Gasteiger partial charge in [-0.25, -0.2) is 0 Å². The van der Waals surface area contributed by atoms with E-state index in [4.69, 9.17) is 0 Å². The molecule has 0 aromatic carbocycles. The molecule has 1 saturated heterocycles. The minimum Gasteiger partial charge on any atom is -0.458 e. The Morgan fingerprint density at radius 2 is 2.27 bits per heavy atom. The molecule has 0 aliphatic carbocycles. The van der Waals surface area contributed by atoms with Crippen molar-refractivity contribution in [1.29, 1.82) is 0 Å². The Balaban J connectivity index is 2.72. The molecular weight excluding hydrogens is 172 g/mol. The Kier molecular flexibility index (Phi) is 1.89. The third kappa shape index (κ3) is 1.90. The van der Waals surface area contributed by atoms with Crippen molar-refractivity contribution >= 4 is 16.6 Å². The summed E-state index contributed by atoms with van der Waals surface area (Å²) in [5, 5.41) is 0. The van der Waals surface area contributed by atoms with Gasteiger partial charge in [0.15, 0.2) is 0 Å². The van der Waals surface area contributed by atoms with Crippen molar-refractivity contribution in [3.05, 3.63) is 0 Å². The van der Waals surface area contributed by atoms with Crippen LogP contribution in [0.15, 0.2) is 0 Å². The Morgan fingerprint density at radius 3 is 2.64 bits per heavy atom. The first-order chi connectivity index (χ1) is 4.97. The molecule has 1 unspecified atom stereocenters. The number of hydrogen-bond donors (Lipinski definition) is 0. The molecule has 0 saturated carbocycles. The molecule has 0 amide bonds. The van der Waals surface area contributed by atoms with Crippen molar-refractivity contribution < 1.29 is 22.1 Å². The number of ether oxygens (including phenoxy) is 1. The van der Waals surface area contributed by atoms with E-state index in [1.807, 2.05) is 0 Å². The second-order valence-electron chi connectivity index (χ2n) is 2.63. The lowest BCUT2D eigenvalue weighted by Crippen LogP contribution is -2.32. The summed E-state index contributed by atoms with van der Waals surface area (Å²) in [6.07, 6.45) is 0. The summed E-state index contributed by atoms with van der Waals surface area (Å²) in [6, 6.07) is 0. The molecule has 0 spiro atoms. The van der Waals surface area contributed by atoms with Crippen LogP contribution < -0.4 is 0 Å². The van der Waals surface area contributed by atoms with E-state index in [1.54, 1.807) is 0 Å². The van der Waals surface area contributed by atoms with Gasteiger partial charge in [0.2, 0.25) is 0 Å². The third-order valence-electron chi connectivity index (χ3n) is 1.36. The average molecular weight is 180 g/mol. The van der Waals surface area contributed by atoms with E-state index >= 15 is 0 Å². The molecular formula is C5H8O5S. The fraction of sp³-hybridized carbons (Fsp3) is 0.800. The highest BCUT2D eigenvalue weighted by Crippen LogP contribution is 2.22. The first-order valence-electron chi connectivity index (χ1n) is 2.96. The molecule has 1 atom stereocenters. The van der Waals surface area contributed by atoms with Gasteiger partial charge in [-0.1, -0.05) is 0 Å². The van der Waals surface area contributed by atoms with E-state index in [1.165, 1.54) is 6.92 Å². The van der Waals surface area contributed by atoms with E-state index in [2.05, 4.69) is 8.92 Å². The van der Waals surface area contributed by atoms with Crippen LogP contribution in [0.3, 0.4) is 0 Å². The van der Waals surface area contributed by atoms with Crippen molar-refractivity contribution in [2.75, 3.05) is 12.4 Å². The highest BCUT2D eigenvalue weighted by atomic mass is 32.2. The molecule has 0 bridgehead atoms. The van der Waals surface area contributed by atoms with Gasteiger partial charge in [0.1, 0.15) is 18.0 Å². The molecule has 0 aromatic heterocycles. The lowest BCUT2D eigenvalue weighted by atomic mass is 10.1. The topological polar surface area (TPSA) is 69.7 Å². The van der Waals surface area contributed by atoms with Crippen LogP contribution in [-0.2, 0) is 23.8 Å². The van der Waals surface area contributed by atoms with Crippen LogP contribution in [0.1, 0.15) is 6.92 Å². The van der Waals surface area contributed by atoms with E-state index in [0.29, 0.717) is 0 Å². The first kappa shape index (κ1) is 8.48. The van der Waals surface area contributed by atoms with Gasteiger partial charge < -0.3 is 4.74 Å². The van der Waals surface area contributed by atoms with Crippen LogP contribution in [0.25, 0.3) is 0 Å². The third-order valence-corrected chi connectivity index (χ3v) is 2.80. The predicted molar refractivity (Wildman–Crippen MR) is 35.3 cm³/mol. The molecule has 0 N–H and O–H groups in total. The summed E-state index contributed by atoms with van der Waals surface area (Å²) in [6.45, 7) is 1.64. The molecule has 1 fully saturated rings. The second kappa shape index (κ2) is 2.46. The maximum atomic E-state index is 10.7. The van der Waals surface area contributed by atoms with Crippen molar-refractivity contribution in [1.82, 2.24) is 0 Å². The number of carbonyl (C=O) groups excluding carboxylic acids is 1. The standard InChI is InChI=1S/C5H8O5S/c1-5(9-4-6)2-10-11(7,8)3-5/h4H,2-3H2,1H3. The van der Waals surface area contributed by atoms with Crippen molar-refractivity contribution in [2.24, 2.45) is 0 Å². The van der Waals surface area contributed by atoms with Gasteiger partial charge in [0.25, 0.3) is 16.6 Å². The summed E-state index contributed by atoms with van der Waals surface area (Å²) in [5.41, 5.74) is -0.999. The predicted octanol–water partition coefficient (Wildman–Crippen LogP) is -0.722. The minimum atomic E-state index is -3.46. The van der Waals surface area contributed by atoms with Crippen LogP contribution >= 0.6 is 0 Å². The van der Waals surface area contributed by atoms with E-state index in [9.17, 15) is 13.2 Å². The Labute approximate surface area is 64.4 Å². The Bertz CT molecular complexity index is 256. The van der Waals surface area contributed by atoms with Crippen LogP contribution in [0.2, 0.25) is 0 Å². The van der Waals surface area contributed by atoms with Gasteiger partial charge in [-0.05, 0) is 6.92 Å². The highest BCUT2D eigenvalue weighted by molar-refractivity contribution is 7.87. The van der Waals surface area contributed by atoms with Crippen molar-refractivity contribution in [2.45, 2.75) is 12.5 Å². The fourth-order valence-electron chi connectivity index (χ4n) is 0.856. The molecule has 1 rings (SSSR count). The quantitative estimate of drug-likeness (QED) is 0.414. The molecule has 6 heteroatoms. The maximum Gasteiger partial charge on any atom is 0.293 e. The van der Waals surface area contributed by atoms with E-state index in [0.717, 1.165) is 0 Å². The SMILES string of the molecule is CC1(OC=O)COS(=O)(=O)C1. The molecule has 64 valence electrons. The van der Waals surface area contributed by atoms with E-state index in [-0.39, 0.29) is 18.8 Å². The monoisotopic (exact) mass is 180 g/mol. The Morgan fingerprint density at radius 1 is 1.64 bits per heavy atom. The van der Waals surface area contributed by atoms with Crippen LogP contribution in [0.5, 0.6) is 0 Å². The molecule has 11 heavy (non-hydrogen) atoms. The summed E-state index contributed by atoms with van der Waals surface area (Å²) < 4.78 is 30.3. The zero-order chi connectivity index (χ0) is 8.54. The number of hydrogen-bond acceptors (Lipinski definition) is 5. The van der Waals surface area contributed by atoms with Crippen LogP contribution in [-0.4, -0.2) is 32.9 Å². The summed E-state index contributed by atoms with van der Waals surface area (Å²) in [5.74, 6) is -0.265. The van der Waals surface area contributed by atoms with Gasteiger partial charge >= 0.3 is 0 Å². The second-order valence-corrected chi connectivity index (χ2v) is 4.27. The van der Waals surface area contributed by atoms with Gasteiger partial charge in [-0.3, -0.25) is 8.98 Å². The average Bonchev–Trinajstić information content (AvgIpc) is 2.07. The number of rotatable bonds is 2. The largest absolute Gasteiger partial charge is 0.458 e. The lowest BCUT2D eigenvalue weighted by molar-refractivity contribution is -0.140. The smallest absolute Gasteiger partial charge is 0.293 e. The molecule has 5 nitrogen and oxygen atoms in total. The van der Waals surface area contributed by atoms with Crippen LogP contribution in [0, 0.1) is 0 Å². The van der Waals surface area contributed by atoms with Gasteiger partial charge in [0, 0.05) is 0 Å². The zero-order valence-electron chi connectivity index (χ0n) is 5.94. The molecule has 1 heterocycles. The fourth-order valence-corrected chi connectivity index (χ4v) is 2.27. The highest BCUT2D eigenvalue weighted by Gasteiger charge is 2.41. The summed E-state index contributed by atoms with van der Waals surface area (Å²) in [7, 11) is -3.46. The van der Waals surface area contributed by atoms with Gasteiger partial charge in [0.05, 0.1) is 0 Å². The maximum absolute atomic E-state index is 10.7. The molecule has 0 aromatic rings. The van der Waals surface area contributed by atoms with Gasteiger partial charge in [-0.2, -0.15) is 8.42 Å². The van der Waals surface area contributed by atoms with E-state index < -0.39 is 15.7 Å². The summed E-state index contributed by atoms with van der Waals surface area (Å²) in [4.78, 5) is 9.90. The lowest BCUT2D eigenvalue weighted by Gasteiger charge is -2.16. The summed E-state index contributed by atoms with van der Waals surface area (Å²) >= 11 is 0. The van der Waals surface area contributed by atoms with Crippen molar-refractivity contribution in [3.63, 3.8) is 0 Å². The van der Waals surface area contributed by atoms with Crippen molar-refractivity contribution in [3.8, 4) is 0 Å². The zero-order valence-corrected chi connectivity index (χ0v) is 6.76. The molecule has 0 radical (unpaired) electrons. The normalized spacial score (nSPS) is 35.0. The van der Waals surface area contributed by atoms with Gasteiger partial charge in [-0.15, -0.1) is 0 Å². The number of carbonyl (C=O) groups is 1. The first-order valence-corrected chi connectivity index (χ1v) is 4.54. The Hall–Kier alpha value is -0.620.